The summed E-state index contributed by atoms with van der Waals surface area (Å²) in [5, 5.41) is 9.95. The highest BCUT2D eigenvalue weighted by Crippen LogP contribution is 2.27. The normalized spacial score (nSPS) is 11.0. The third-order valence-corrected chi connectivity index (χ3v) is 4.01. The van der Waals surface area contributed by atoms with Gasteiger partial charge in [0.05, 0.1) is 22.3 Å². The zero-order valence-electron chi connectivity index (χ0n) is 12.3. The van der Waals surface area contributed by atoms with Crippen molar-refractivity contribution in [2.45, 2.75) is 20.3 Å². The zero-order chi connectivity index (χ0) is 15.9. The minimum atomic E-state index is -0.931. The summed E-state index contributed by atoms with van der Waals surface area (Å²) in [5.74, 6) is -0.0530. The van der Waals surface area contributed by atoms with Crippen LogP contribution in [0.4, 0.5) is 0 Å². The molecule has 0 amide bonds. The van der Waals surface area contributed by atoms with Gasteiger partial charge in [0.2, 0.25) is 0 Å². The summed E-state index contributed by atoms with van der Waals surface area (Å²) in [7, 11) is 0. The van der Waals surface area contributed by atoms with Crippen molar-refractivity contribution in [2.24, 2.45) is 0 Å². The van der Waals surface area contributed by atoms with E-state index in [1.54, 1.807) is 18.2 Å². The van der Waals surface area contributed by atoms with Gasteiger partial charge in [-0.3, -0.25) is 4.57 Å². The first-order chi connectivity index (χ1) is 10.5. The smallest absolute Gasteiger partial charge is 0.336 e. The van der Waals surface area contributed by atoms with E-state index in [-0.39, 0.29) is 0 Å². The highest BCUT2D eigenvalue weighted by molar-refractivity contribution is 6.31. The first kappa shape index (κ1) is 14.6. The number of rotatable bonds is 3. The molecule has 4 nitrogen and oxygen atoms in total. The number of carboxylic acid groups (broad SMARTS) is 1. The minimum absolute atomic E-state index is 0.295. The van der Waals surface area contributed by atoms with Crippen LogP contribution in [0.25, 0.3) is 16.7 Å². The molecule has 3 rings (SSSR count). The van der Waals surface area contributed by atoms with E-state index < -0.39 is 5.97 Å². The molecule has 0 aliphatic carbocycles. The van der Waals surface area contributed by atoms with Crippen LogP contribution >= 0.6 is 11.6 Å². The lowest BCUT2D eigenvalue weighted by molar-refractivity contribution is 0.0696. The van der Waals surface area contributed by atoms with Crippen LogP contribution in [-0.2, 0) is 6.42 Å². The quantitative estimate of drug-likeness (QED) is 0.786. The van der Waals surface area contributed by atoms with Gasteiger partial charge >= 0.3 is 5.97 Å². The van der Waals surface area contributed by atoms with Crippen molar-refractivity contribution in [3.05, 3.63) is 58.4 Å². The molecule has 0 radical (unpaired) electrons. The molecule has 0 atom stereocenters. The lowest BCUT2D eigenvalue weighted by atomic mass is 10.1. The van der Waals surface area contributed by atoms with E-state index in [9.17, 15) is 9.90 Å². The Morgan fingerprint density at radius 3 is 2.77 bits per heavy atom. The van der Waals surface area contributed by atoms with E-state index in [0.717, 1.165) is 29.0 Å². The van der Waals surface area contributed by atoms with Crippen molar-refractivity contribution in [1.29, 1.82) is 0 Å². The Morgan fingerprint density at radius 1 is 1.32 bits per heavy atom. The Bertz CT molecular complexity index is 884. The summed E-state index contributed by atoms with van der Waals surface area (Å²) in [6.07, 6.45) is 0.739. The second-order valence-electron chi connectivity index (χ2n) is 5.10. The van der Waals surface area contributed by atoms with Crippen molar-refractivity contribution in [3.63, 3.8) is 0 Å². The average Bonchev–Trinajstić information content (AvgIpc) is 2.84. The molecule has 1 heterocycles. The Labute approximate surface area is 133 Å². The van der Waals surface area contributed by atoms with Gasteiger partial charge in [-0.2, -0.15) is 0 Å². The molecule has 2 aromatic carbocycles. The summed E-state index contributed by atoms with van der Waals surface area (Å²) in [6.45, 7) is 3.84. The molecule has 1 N–H and O–H groups in total. The number of nitrogens with zero attached hydrogens (tertiary/aromatic N) is 2. The first-order valence-electron chi connectivity index (χ1n) is 7.03. The number of halogens is 1. The predicted octanol–water partition coefficient (Wildman–Crippen LogP) is 4.25. The summed E-state index contributed by atoms with van der Waals surface area (Å²) < 4.78 is 1.99. The van der Waals surface area contributed by atoms with Crippen LogP contribution in [0.2, 0.25) is 5.02 Å². The number of benzene rings is 2. The molecule has 0 unspecified atom stereocenters. The van der Waals surface area contributed by atoms with Crippen molar-refractivity contribution < 1.29 is 9.90 Å². The van der Waals surface area contributed by atoms with E-state index in [4.69, 9.17) is 11.6 Å². The minimum Gasteiger partial charge on any atom is -0.478 e. The Morgan fingerprint density at radius 2 is 2.09 bits per heavy atom. The summed E-state index contributed by atoms with van der Waals surface area (Å²) in [5.41, 5.74) is 3.56. The fourth-order valence-electron chi connectivity index (χ4n) is 2.70. The maximum atomic E-state index is 11.4. The summed E-state index contributed by atoms with van der Waals surface area (Å²) in [4.78, 5) is 16.0. The second-order valence-corrected chi connectivity index (χ2v) is 5.54. The second kappa shape index (κ2) is 5.46. The fourth-order valence-corrected chi connectivity index (χ4v) is 2.87. The molecule has 5 heteroatoms. The third-order valence-electron chi connectivity index (χ3n) is 3.78. The van der Waals surface area contributed by atoms with Crippen LogP contribution in [0.5, 0.6) is 0 Å². The van der Waals surface area contributed by atoms with Gasteiger partial charge in [-0.15, -0.1) is 0 Å². The molecule has 0 bridgehead atoms. The molecule has 0 spiro atoms. The number of aromatic nitrogens is 2. The molecule has 0 saturated carbocycles. The molecular weight excluding hydrogens is 300 g/mol. The number of aromatic carboxylic acids is 1. The Kier molecular flexibility index (Phi) is 3.62. The van der Waals surface area contributed by atoms with Crippen LogP contribution in [0.1, 0.15) is 28.7 Å². The van der Waals surface area contributed by atoms with Crippen molar-refractivity contribution >= 4 is 28.6 Å². The standard InChI is InChI=1S/C17H15ClN2O2/c1-3-16-19-13-8-7-11(18)9-15(13)20(16)14-6-4-5-12(10(14)2)17(21)22/h4-9H,3H2,1-2H3,(H,21,22). The number of aryl methyl sites for hydroxylation is 1. The number of imidazole rings is 1. The summed E-state index contributed by atoms with van der Waals surface area (Å²) >= 11 is 6.12. The van der Waals surface area contributed by atoms with Gasteiger partial charge < -0.3 is 5.11 Å². The van der Waals surface area contributed by atoms with Gasteiger partial charge in [0.15, 0.2) is 0 Å². The van der Waals surface area contributed by atoms with Crippen LogP contribution < -0.4 is 0 Å². The van der Waals surface area contributed by atoms with E-state index in [1.165, 1.54) is 0 Å². The third kappa shape index (κ3) is 2.25. The van der Waals surface area contributed by atoms with Crippen molar-refractivity contribution in [1.82, 2.24) is 9.55 Å². The lowest BCUT2D eigenvalue weighted by Crippen LogP contribution is -2.07. The number of hydrogen-bond acceptors (Lipinski definition) is 2. The molecule has 0 saturated heterocycles. The van der Waals surface area contributed by atoms with Crippen molar-refractivity contribution in [2.75, 3.05) is 0 Å². The van der Waals surface area contributed by atoms with E-state index in [0.29, 0.717) is 16.1 Å². The van der Waals surface area contributed by atoms with Crippen LogP contribution in [0, 0.1) is 6.92 Å². The number of hydrogen-bond donors (Lipinski definition) is 1. The molecule has 0 aliphatic heterocycles. The first-order valence-corrected chi connectivity index (χ1v) is 7.41. The topological polar surface area (TPSA) is 55.1 Å². The van der Waals surface area contributed by atoms with Gasteiger partial charge in [-0.05, 0) is 42.8 Å². The molecule has 1 aromatic heterocycles. The summed E-state index contributed by atoms with van der Waals surface area (Å²) in [6, 6.07) is 10.8. The molecule has 3 aromatic rings. The van der Waals surface area contributed by atoms with Gasteiger partial charge in [-0.25, -0.2) is 9.78 Å². The van der Waals surface area contributed by atoms with Gasteiger partial charge in [0, 0.05) is 11.4 Å². The molecule has 0 aliphatic rings. The van der Waals surface area contributed by atoms with Gasteiger partial charge in [-0.1, -0.05) is 24.6 Å². The average molecular weight is 315 g/mol. The monoisotopic (exact) mass is 314 g/mol. The lowest BCUT2D eigenvalue weighted by Gasteiger charge is -2.13. The van der Waals surface area contributed by atoms with E-state index >= 15 is 0 Å². The Hall–Kier alpha value is -2.33. The zero-order valence-corrected chi connectivity index (χ0v) is 13.1. The van der Waals surface area contributed by atoms with Gasteiger partial charge in [0.25, 0.3) is 0 Å². The number of fused-ring (bicyclic) bond motifs is 1. The number of carbonyl (C=O) groups is 1. The SMILES string of the molecule is CCc1nc2ccc(Cl)cc2n1-c1cccc(C(=O)O)c1C. The highest BCUT2D eigenvalue weighted by Gasteiger charge is 2.16. The molecular formula is C17H15ClN2O2. The Balaban J connectivity index is 2.37. The number of carboxylic acids is 1. The highest BCUT2D eigenvalue weighted by atomic mass is 35.5. The molecule has 0 fully saturated rings. The molecule has 112 valence electrons. The van der Waals surface area contributed by atoms with Crippen LogP contribution in [-0.4, -0.2) is 20.6 Å². The molecule has 22 heavy (non-hydrogen) atoms. The van der Waals surface area contributed by atoms with Crippen LogP contribution in [0.15, 0.2) is 36.4 Å². The largest absolute Gasteiger partial charge is 0.478 e. The predicted molar refractivity (Wildman–Crippen MR) is 87.2 cm³/mol. The van der Waals surface area contributed by atoms with E-state index in [2.05, 4.69) is 4.98 Å². The fraction of sp³-hybridized carbons (Fsp3) is 0.176. The van der Waals surface area contributed by atoms with Crippen LogP contribution in [0.3, 0.4) is 0 Å². The van der Waals surface area contributed by atoms with E-state index in [1.807, 2.05) is 36.6 Å². The van der Waals surface area contributed by atoms with Gasteiger partial charge in [0.1, 0.15) is 5.82 Å². The maximum absolute atomic E-state index is 11.4. The maximum Gasteiger partial charge on any atom is 0.336 e. The van der Waals surface area contributed by atoms with Crippen molar-refractivity contribution in [3.8, 4) is 5.69 Å².